The fourth-order valence-corrected chi connectivity index (χ4v) is 2.92. The van der Waals surface area contributed by atoms with Crippen LogP contribution in [0.15, 0.2) is 41.3 Å². The number of benzene rings is 2. The predicted molar refractivity (Wildman–Crippen MR) is 98.8 cm³/mol. The van der Waals surface area contributed by atoms with Crippen molar-refractivity contribution in [2.75, 3.05) is 20.5 Å². The van der Waals surface area contributed by atoms with E-state index in [-0.39, 0.29) is 16.0 Å². The number of carbonyl (C=O) groups is 2. The molecule has 2 aromatic carbocycles. The second kappa shape index (κ2) is 8.09. The molecule has 2 N–H and O–H groups in total. The number of hydrogen-bond donors (Lipinski definition) is 2. The molecular formula is C18H20N2O6S. The number of rotatable bonds is 5. The number of aryl methyl sites for hydroxylation is 1. The van der Waals surface area contributed by atoms with Crippen LogP contribution in [-0.4, -0.2) is 40.7 Å². The first-order chi connectivity index (χ1) is 12.7. The van der Waals surface area contributed by atoms with Gasteiger partial charge in [0.2, 0.25) is 0 Å². The van der Waals surface area contributed by atoms with Crippen molar-refractivity contribution in [2.24, 2.45) is 0 Å². The Balaban J connectivity index is 2.17. The summed E-state index contributed by atoms with van der Waals surface area (Å²) in [6, 6.07) is 8.79. The van der Waals surface area contributed by atoms with Crippen molar-refractivity contribution in [1.29, 1.82) is 0 Å². The molecule has 0 atom stereocenters. The first-order valence-corrected chi connectivity index (χ1v) is 9.69. The maximum Gasteiger partial charge on any atom is 0.270 e. The Hall–Kier alpha value is -3.07. The quantitative estimate of drug-likeness (QED) is 0.746. The minimum Gasteiger partial charge on any atom is -0.497 e. The van der Waals surface area contributed by atoms with Crippen molar-refractivity contribution in [1.82, 2.24) is 10.9 Å². The summed E-state index contributed by atoms with van der Waals surface area (Å²) in [6.07, 6.45) is 1.05. The van der Waals surface area contributed by atoms with E-state index in [1.165, 1.54) is 44.6 Å². The number of hydrazine groups is 1. The van der Waals surface area contributed by atoms with Gasteiger partial charge in [0, 0.05) is 23.4 Å². The van der Waals surface area contributed by atoms with Crippen LogP contribution >= 0.6 is 0 Å². The van der Waals surface area contributed by atoms with Crippen molar-refractivity contribution in [3.8, 4) is 11.5 Å². The van der Waals surface area contributed by atoms with E-state index in [2.05, 4.69) is 10.9 Å². The molecule has 0 bridgehead atoms. The van der Waals surface area contributed by atoms with Gasteiger partial charge in [-0.3, -0.25) is 20.4 Å². The lowest BCUT2D eigenvalue weighted by molar-refractivity contribution is 0.0846. The second-order valence-corrected chi connectivity index (χ2v) is 7.77. The van der Waals surface area contributed by atoms with E-state index >= 15 is 0 Å². The normalized spacial score (nSPS) is 10.8. The minimum atomic E-state index is -3.46. The van der Waals surface area contributed by atoms with Gasteiger partial charge < -0.3 is 9.47 Å². The number of methoxy groups -OCH3 is 2. The van der Waals surface area contributed by atoms with Crippen molar-refractivity contribution in [2.45, 2.75) is 11.8 Å². The number of ether oxygens (including phenoxy) is 2. The van der Waals surface area contributed by atoms with Gasteiger partial charge in [0.1, 0.15) is 11.5 Å². The van der Waals surface area contributed by atoms with E-state index in [9.17, 15) is 18.0 Å². The largest absolute Gasteiger partial charge is 0.497 e. The van der Waals surface area contributed by atoms with E-state index in [1.54, 1.807) is 13.0 Å². The van der Waals surface area contributed by atoms with Crippen LogP contribution in [0.5, 0.6) is 11.5 Å². The topological polar surface area (TPSA) is 111 Å². The Bertz CT molecular complexity index is 963. The Kier molecular flexibility index (Phi) is 6.06. The van der Waals surface area contributed by atoms with Gasteiger partial charge in [0.15, 0.2) is 9.84 Å². The molecule has 0 aliphatic carbocycles. The van der Waals surface area contributed by atoms with Crippen LogP contribution in [0.4, 0.5) is 0 Å². The number of amides is 2. The third-order valence-corrected chi connectivity index (χ3v) is 4.90. The summed E-state index contributed by atoms with van der Waals surface area (Å²) in [4.78, 5) is 24.7. The second-order valence-electron chi connectivity index (χ2n) is 5.76. The van der Waals surface area contributed by atoms with Crippen LogP contribution in [0.1, 0.15) is 26.3 Å². The van der Waals surface area contributed by atoms with E-state index in [4.69, 9.17) is 9.47 Å². The van der Waals surface area contributed by atoms with Crippen molar-refractivity contribution >= 4 is 21.7 Å². The maximum absolute atomic E-state index is 12.4. The molecule has 8 nitrogen and oxygen atoms in total. The number of nitrogens with one attached hydrogen (secondary N) is 2. The van der Waals surface area contributed by atoms with Gasteiger partial charge in [-0.15, -0.1) is 0 Å². The summed E-state index contributed by atoms with van der Waals surface area (Å²) in [5.41, 5.74) is 5.49. The van der Waals surface area contributed by atoms with Gasteiger partial charge in [-0.2, -0.15) is 0 Å². The van der Waals surface area contributed by atoms with Gasteiger partial charge in [-0.05, 0) is 36.8 Å². The lowest BCUT2D eigenvalue weighted by Crippen LogP contribution is -2.41. The molecule has 0 saturated carbocycles. The van der Waals surface area contributed by atoms with E-state index < -0.39 is 21.7 Å². The number of sulfone groups is 1. The van der Waals surface area contributed by atoms with Gasteiger partial charge in [-0.25, -0.2) is 8.42 Å². The number of carbonyl (C=O) groups excluding carboxylic acids is 2. The highest BCUT2D eigenvalue weighted by Crippen LogP contribution is 2.22. The smallest absolute Gasteiger partial charge is 0.270 e. The Morgan fingerprint density at radius 1 is 0.889 bits per heavy atom. The molecular weight excluding hydrogens is 372 g/mol. The van der Waals surface area contributed by atoms with Gasteiger partial charge in [0.05, 0.1) is 19.1 Å². The minimum absolute atomic E-state index is 0.0158. The molecule has 0 saturated heterocycles. The molecule has 2 amide bonds. The SMILES string of the molecule is COc1cc(OC)cc(C(=O)NNC(=O)c2cc(S(C)(=O)=O)ccc2C)c1. The Morgan fingerprint density at radius 2 is 1.44 bits per heavy atom. The van der Waals surface area contributed by atoms with Gasteiger partial charge in [0.25, 0.3) is 11.8 Å². The van der Waals surface area contributed by atoms with Crippen molar-refractivity contribution in [3.05, 3.63) is 53.1 Å². The lowest BCUT2D eigenvalue weighted by Gasteiger charge is -2.12. The van der Waals surface area contributed by atoms with Crippen molar-refractivity contribution in [3.63, 3.8) is 0 Å². The highest BCUT2D eigenvalue weighted by molar-refractivity contribution is 7.90. The lowest BCUT2D eigenvalue weighted by atomic mass is 10.1. The zero-order valence-corrected chi connectivity index (χ0v) is 16.1. The van der Waals surface area contributed by atoms with Gasteiger partial charge in [-0.1, -0.05) is 6.07 Å². The standard InChI is InChI=1S/C18H20N2O6S/c1-11-5-6-15(27(4,23)24)10-16(11)18(22)20-19-17(21)12-7-13(25-2)9-14(8-12)26-3/h5-10H,1-4H3,(H,19,21)(H,20,22). The van der Waals surface area contributed by atoms with Gasteiger partial charge >= 0.3 is 0 Å². The predicted octanol–water partition coefficient (Wildman–Crippen LogP) is 1.49. The molecule has 2 aromatic rings. The van der Waals surface area contributed by atoms with Crippen LogP contribution in [0, 0.1) is 6.92 Å². The monoisotopic (exact) mass is 392 g/mol. The molecule has 0 radical (unpaired) electrons. The summed E-state index contributed by atoms with van der Waals surface area (Å²) < 4.78 is 33.5. The molecule has 2 rings (SSSR count). The highest BCUT2D eigenvalue weighted by atomic mass is 32.2. The zero-order chi connectivity index (χ0) is 20.2. The first-order valence-electron chi connectivity index (χ1n) is 7.80. The highest BCUT2D eigenvalue weighted by Gasteiger charge is 2.16. The fraction of sp³-hybridized carbons (Fsp3) is 0.222. The summed E-state index contributed by atoms with van der Waals surface area (Å²) in [6.45, 7) is 1.66. The number of hydrogen-bond acceptors (Lipinski definition) is 6. The van der Waals surface area contributed by atoms with Crippen LogP contribution < -0.4 is 20.3 Å². The average Bonchev–Trinajstić information content (AvgIpc) is 2.64. The molecule has 0 aromatic heterocycles. The molecule has 144 valence electrons. The van der Waals surface area contributed by atoms with E-state index in [0.29, 0.717) is 17.1 Å². The third-order valence-electron chi connectivity index (χ3n) is 3.79. The molecule has 0 unspecified atom stereocenters. The summed E-state index contributed by atoms with van der Waals surface area (Å²) >= 11 is 0. The fourth-order valence-electron chi connectivity index (χ4n) is 2.27. The van der Waals surface area contributed by atoms with Crippen molar-refractivity contribution < 1.29 is 27.5 Å². The van der Waals surface area contributed by atoms with Crippen LogP contribution in [0.2, 0.25) is 0 Å². The zero-order valence-electron chi connectivity index (χ0n) is 15.3. The van der Waals surface area contributed by atoms with E-state index in [1.807, 2.05) is 0 Å². The van der Waals surface area contributed by atoms with Crippen LogP contribution in [0.25, 0.3) is 0 Å². The maximum atomic E-state index is 12.4. The Labute approximate surface area is 157 Å². The Morgan fingerprint density at radius 3 is 1.96 bits per heavy atom. The molecule has 0 fully saturated rings. The molecule has 0 aliphatic heterocycles. The molecule has 0 spiro atoms. The van der Waals surface area contributed by atoms with E-state index in [0.717, 1.165) is 6.26 Å². The molecule has 0 heterocycles. The summed E-state index contributed by atoms with van der Waals surface area (Å²) in [5, 5.41) is 0. The first kappa shape index (κ1) is 20.2. The third kappa shape index (κ3) is 4.98. The van der Waals surface area contributed by atoms with Crippen LogP contribution in [0.3, 0.4) is 0 Å². The molecule has 27 heavy (non-hydrogen) atoms. The molecule has 0 aliphatic rings. The summed E-state index contributed by atoms with van der Waals surface area (Å²) in [7, 11) is -0.552. The summed E-state index contributed by atoms with van der Waals surface area (Å²) in [5.74, 6) is -0.385. The average molecular weight is 392 g/mol. The van der Waals surface area contributed by atoms with Crippen LogP contribution in [-0.2, 0) is 9.84 Å². The molecule has 9 heteroatoms.